The van der Waals surface area contributed by atoms with Crippen LogP contribution >= 0.6 is 11.8 Å². The Morgan fingerprint density at radius 1 is 0.483 bits per heavy atom. The molecule has 3 aliphatic heterocycles. The SMILES string of the molecule is C[C@@H](O)[C@H](NC(=O)[C@@H]1CCCN1C(=O)CCC(=O)SCc1ccccc1)C(=O)N[C@@H](CO)C(=O)N[C@@H](CCC(N)=O)C(=O)N[C@@H](CO)C(=O)N[C@@H](CCCN=C(N)N)C(=O)NCC(=O)N[C@@H](CC(=O)O)C(=O)N1CCC[C@H]1C(=O)N[C@H](C(=O)NCC(=O)N1CCC[C@H]1C(=O)N[C@@H](CCCCN)C(=O)N[C@@H](CCC(=O)O)C(=O)O)[C@@H](C)O. The number of nitrogens with two attached hydrogens (primary N) is 4. The van der Waals surface area contributed by atoms with Crippen molar-refractivity contribution in [1.29, 1.82) is 0 Å². The van der Waals surface area contributed by atoms with Gasteiger partial charge in [-0.3, -0.25) is 91.3 Å². The van der Waals surface area contributed by atoms with Gasteiger partial charge in [-0.1, -0.05) is 42.1 Å². The number of thioether (sulfide) groups is 1. The molecule has 3 heterocycles. The van der Waals surface area contributed by atoms with Crippen molar-refractivity contribution in [2.45, 2.75) is 220 Å². The fraction of sp³-hybridized carbons (Fsp3) is 0.629. The summed E-state index contributed by atoms with van der Waals surface area (Å²) in [5.74, 6) is -20.2. The molecule has 3 fully saturated rings. The van der Waals surface area contributed by atoms with Gasteiger partial charge in [0.15, 0.2) is 11.1 Å². The third-order valence-corrected chi connectivity index (χ3v) is 19.7. The number of nitrogens with zero attached hydrogens (tertiary/aromatic N) is 4. The van der Waals surface area contributed by atoms with E-state index in [-0.39, 0.29) is 108 Å². The first-order chi connectivity index (χ1) is 54.9. The average Bonchev–Trinajstić information content (AvgIpc) is 1.65. The van der Waals surface area contributed by atoms with Gasteiger partial charge in [0.1, 0.15) is 72.5 Å². The molecule has 1 aromatic rings. The van der Waals surface area contributed by atoms with Crippen LogP contribution in [0.25, 0.3) is 0 Å². The monoisotopic (exact) mass is 1660 g/mol. The van der Waals surface area contributed by atoms with Gasteiger partial charge in [-0.25, -0.2) is 4.79 Å². The molecule has 26 N–H and O–H groups in total. The molecule has 15 amide bonds. The molecule has 0 bridgehead atoms. The molecule has 0 unspecified atom stereocenters. The third kappa shape index (κ3) is 32.6. The quantitative estimate of drug-likeness (QED) is 0.0164. The summed E-state index contributed by atoms with van der Waals surface area (Å²) in [6.07, 6.45) is -5.94. The largest absolute Gasteiger partial charge is 0.481 e. The van der Waals surface area contributed by atoms with Gasteiger partial charge in [0.05, 0.1) is 44.9 Å². The number of aliphatic hydroxyl groups excluding tert-OH is 4. The van der Waals surface area contributed by atoms with Gasteiger partial charge in [-0.2, -0.15) is 0 Å². The number of aliphatic imine (C=N–C) groups is 1. The summed E-state index contributed by atoms with van der Waals surface area (Å²) < 4.78 is 0. The first-order valence-electron chi connectivity index (χ1n) is 37.6. The summed E-state index contributed by atoms with van der Waals surface area (Å²) in [6.45, 7) is -2.06. The molecule has 46 heteroatoms. The highest BCUT2D eigenvalue weighted by atomic mass is 32.2. The zero-order chi connectivity index (χ0) is 86.5. The number of aliphatic carboxylic acids is 3. The maximum atomic E-state index is 14.2. The van der Waals surface area contributed by atoms with Crippen molar-refractivity contribution in [2.75, 3.05) is 59.0 Å². The van der Waals surface area contributed by atoms with Crippen molar-refractivity contribution >= 4 is 129 Å². The molecule has 0 spiro atoms. The van der Waals surface area contributed by atoms with Gasteiger partial charge in [0.2, 0.25) is 88.6 Å². The minimum atomic E-state index is -2.00. The van der Waals surface area contributed by atoms with Gasteiger partial charge < -0.3 is 132 Å². The summed E-state index contributed by atoms with van der Waals surface area (Å²) >= 11 is 1.03. The van der Waals surface area contributed by atoms with Crippen LogP contribution in [0.4, 0.5) is 0 Å². The predicted octanol–water partition coefficient (Wildman–Crippen LogP) is -9.59. The Hall–Kier alpha value is -11.2. The first-order valence-corrected chi connectivity index (χ1v) is 38.5. The number of amides is 15. The molecule has 0 saturated carbocycles. The minimum Gasteiger partial charge on any atom is -0.481 e. The van der Waals surface area contributed by atoms with Crippen molar-refractivity contribution in [3.8, 4) is 0 Å². The molecule has 0 radical (unpaired) electrons. The maximum Gasteiger partial charge on any atom is 0.326 e. The normalized spacial score (nSPS) is 17.8. The van der Waals surface area contributed by atoms with E-state index in [4.69, 9.17) is 28.0 Å². The number of guanidine groups is 1. The minimum absolute atomic E-state index is 0.00267. The number of hydrogen-bond donors (Lipinski definition) is 22. The van der Waals surface area contributed by atoms with Crippen molar-refractivity contribution in [3.63, 3.8) is 0 Å². The number of benzene rings is 1. The number of rotatable bonds is 50. The van der Waals surface area contributed by atoms with E-state index in [9.17, 15) is 122 Å². The molecule has 3 aliphatic rings. The molecule has 4 rings (SSSR count). The second kappa shape index (κ2) is 49.5. The van der Waals surface area contributed by atoms with E-state index < -0.39 is 250 Å². The van der Waals surface area contributed by atoms with Crippen LogP contribution in [0.1, 0.15) is 135 Å². The molecule has 3 saturated heterocycles. The van der Waals surface area contributed by atoms with Crippen LogP contribution in [0.3, 0.4) is 0 Å². The van der Waals surface area contributed by atoms with E-state index in [0.29, 0.717) is 25.0 Å². The topological polar surface area (TPSA) is 724 Å². The number of nitrogens with one attached hydrogen (secondary N) is 11. The number of carbonyl (C=O) groups excluding carboxylic acids is 16. The Kier molecular flexibility index (Phi) is 41.5. The smallest absolute Gasteiger partial charge is 0.326 e. The Bertz CT molecular complexity index is 3690. The molecule has 14 atom stereocenters. The highest BCUT2D eigenvalue weighted by Crippen LogP contribution is 2.24. The van der Waals surface area contributed by atoms with E-state index in [1.165, 1.54) is 4.90 Å². The number of carboxylic acid groups (broad SMARTS) is 3. The van der Waals surface area contributed by atoms with Crippen LogP contribution in [0.5, 0.6) is 0 Å². The van der Waals surface area contributed by atoms with Crippen LogP contribution in [0, 0.1) is 0 Å². The first kappa shape index (κ1) is 97.1. The number of aliphatic hydroxyl groups is 4. The lowest BCUT2D eigenvalue weighted by Crippen LogP contribution is -2.62. The molecule has 0 aromatic heterocycles. The predicted molar refractivity (Wildman–Crippen MR) is 405 cm³/mol. The number of carboxylic acids is 3. The van der Waals surface area contributed by atoms with Crippen molar-refractivity contribution in [1.82, 2.24) is 73.2 Å². The second-order valence-electron chi connectivity index (χ2n) is 27.7. The van der Waals surface area contributed by atoms with Crippen LogP contribution < -0.4 is 81.4 Å². The van der Waals surface area contributed by atoms with Gasteiger partial charge in [-0.05, 0) is 109 Å². The Balaban J connectivity index is 1.39. The molecule has 116 heavy (non-hydrogen) atoms. The number of likely N-dealkylation sites (tertiary alicyclic amines) is 3. The van der Waals surface area contributed by atoms with Crippen molar-refractivity contribution in [3.05, 3.63) is 35.9 Å². The van der Waals surface area contributed by atoms with E-state index >= 15 is 0 Å². The molecule has 644 valence electrons. The molecule has 45 nitrogen and oxygen atoms in total. The summed E-state index contributed by atoms with van der Waals surface area (Å²) in [5.41, 5.74) is 22.7. The van der Waals surface area contributed by atoms with Crippen molar-refractivity contribution in [2.24, 2.45) is 27.9 Å². The lowest BCUT2D eigenvalue weighted by Gasteiger charge is -2.30. The molecule has 1 aromatic carbocycles. The van der Waals surface area contributed by atoms with E-state index in [1.807, 2.05) is 30.3 Å². The number of unbranched alkanes of at least 4 members (excludes halogenated alkanes) is 1. The Labute approximate surface area is 669 Å². The van der Waals surface area contributed by atoms with E-state index in [1.54, 1.807) is 0 Å². The summed E-state index contributed by atoms with van der Waals surface area (Å²) in [7, 11) is 0. The van der Waals surface area contributed by atoms with E-state index in [2.05, 4.69) is 63.5 Å². The zero-order valence-corrected chi connectivity index (χ0v) is 65.0. The van der Waals surface area contributed by atoms with Crippen LogP contribution in [-0.4, -0.2) is 312 Å². The summed E-state index contributed by atoms with van der Waals surface area (Å²) in [4.78, 5) is 259. The number of carbonyl (C=O) groups is 19. The lowest BCUT2D eigenvalue weighted by atomic mass is 10.1. The van der Waals surface area contributed by atoms with Crippen molar-refractivity contribution < 1.29 is 127 Å². The number of primary amides is 1. The van der Waals surface area contributed by atoms with Crippen LogP contribution in [0.2, 0.25) is 0 Å². The Morgan fingerprint density at radius 3 is 1.47 bits per heavy atom. The summed E-state index contributed by atoms with van der Waals surface area (Å²) in [6, 6.07) is -10.7. The maximum absolute atomic E-state index is 14.2. The Morgan fingerprint density at radius 2 is 0.948 bits per heavy atom. The van der Waals surface area contributed by atoms with Gasteiger partial charge >= 0.3 is 17.9 Å². The van der Waals surface area contributed by atoms with Gasteiger partial charge in [-0.15, -0.1) is 0 Å². The second-order valence-corrected chi connectivity index (χ2v) is 28.7. The summed E-state index contributed by atoms with van der Waals surface area (Å²) in [5, 5.41) is 95.3. The molecular weight excluding hydrogens is 1550 g/mol. The fourth-order valence-electron chi connectivity index (χ4n) is 12.6. The highest BCUT2D eigenvalue weighted by Gasteiger charge is 2.43. The lowest BCUT2D eigenvalue weighted by molar-refractivity contribution is -0.146. The van der Waals surface area contributed by atoms with E-state index in [0.717, 1.165) is 41.0 Å². The van der Waals surface area contributed by atoms with Crippen LogP contribution in [-0.2, 0) is 96.8 Å². The van der Waals surface area contributed by atoms with Gasteiger partial charge in [0.25, 0.3) is 0 Å². The number of hydrogen-bond acceptors (Lipinski definition) is 26. The highest BCUT2D eigenvalue weighted by molar-refractivity contribution is 8.12. The third-order valence-electron chi connectivity index (χ3n) is 18.7. The fourth-order valence-corrected chi connectivity index (χ4v) is 13.3. The molecular formula is C70H107N19O26S. The molecule has 0 aliphatic carbocycles. The zero-order valence-electron chi connectivity index (χ0n) is 64.2. The van der Waals surface area contributed by atoms with Gasteiger partial charge in [0, 0.05) is 57.6 Å². The van der Waals surface area contributed by atoms with Crippen LogP contribution in [0.15, 0.2) is 35.3 Å². The standard InChI is InChI=1S/C70H107N19O26S/c1-36(92)56(66(111)77-32-52(97)88-28-10-16-46(88)63(108)81-40(14-6-7-25-71)59(104)82-42(69(114)115)20-23-53(98)99)85-65(110)48-18-11-29-89(48)68(113)43(30-54(100)101)78-50(95)31-76-58(103)39(15-8-26-75-70(73)74)79-61(106)44(33-90)83-60(105)41(19-21-49(72)94)80-62(107)45(34-91)84-67(112)57(37(2)93)86-64(109)47-17-9-27-87(47)51(96)22-24-55(102)116-35-38-12-4-3-5-13-38/h3-5,12-13,36-37,39-48,56-57,90-93H,6-11,14-35,71H2,1-2H3,(H2,72,94)(H,76,103)(H,77,111)(H,78,95)(H,79,106)(H,80,107)(H,81,108)(H,82,104)(H,83,105)(H,84,112)(H,85,110)(H,86,109)(H,98,99)(H,100,101)(H,114,115)(H4,73,74,75)/t36-,37-,39+,40+,41+,42+,43+,44+,45+,46+,47+,48+,56+,57+/m1/s1. The average molecular weight is 1660 g/mol.